The summed E-state index contributed by atoms with van der Waals surface area (Å²) in [6.45, 7) is 0.000771. The molecule has 13 amide bonds. The van der Waals surface area contributed by atoms with Crippen LogP contribution in [0.15, 0.2) is 29.3 Å². The highest BCUT2D eigenvalue weighted by Gasteiger charge is 2.41. The Hall–Kier alpha value is -9.82. The largest absolute Gasteiger partial charge is 0.508 e. The van der Waals surface area contributed by atoms with Gasteiger partial charge in [-0.1, -0.05) is 116 Å². The maximum Gasteiger partial charge on any atom is 0.328 e. The number of primary amides is 1. The van der Waals surface area contributed by atoms with Crippen molar-refractivity contribution < 1.29 is 102 Å². The molecule has 0 aromatic heterocycles. The summed E-state index contributed by atoms with van der Waals surface area (Å²) in [4.78, 5) is 203. The highest BCUT2D eigenvalue weighted by Crippen LogP contribution is 2.21. The predicted octanol–water partition coefficient (Wildman–Crippen LogP) is -5.83. The molecule has 38 nitrogen and oxygen atoms in total. The molecule has 0 saturated carbocycles. The average Bonchev–Trinajstić information content (AvgIpc) is 1.65. The molecule has 2 rings (SSSR count). The molecule has 1 heterocycles. The van der Waals surface area contributed by atoms with Crippen LogP contribution >= 0.6 is 0 Å². The van der Waals surface area contributed by atoms with Crippen molar-refractivity contribution in [2.45, 2.75) is 216 Å². The topological polar surface area (TPSA) is 618 Å². The number of aliphatic hydroxyl groups excluding tert-OH is 3. The lowest BCUT2D eigenvalue weighted by molar-refractivity contribution is -0.146. The normalized spacial score (nSPS) is 15.3. The first kappa shape index (κ1) is 90.3. The number of rotatable bonds is 52. The molecule has 11 atom stereocenters. The van der Waals surface area contributed by atoms with E-state index in [-0.39, 0.29) is 69.7 Å². The number of likely N-dealkylation sites (tertiary alicyclic amines) is 1. The number of nitrogens with one attached hydrogen (secondary N) is 11. The number of carboxylic acids is 1. The Morgan fingerprint density at radius 3 is 1.51 bits per heavy atom. The van der Waals surface area contributed by atoms with Gasteiger partial charge in [0.1, 0.15) is 66.2 Å². The maximum atomic E-state index is 14.1. The van der Waals surface area contributed by atoms with E-state index in [2.05, 4.69) is 70.4 Å². The Labute approximate surface area is 603 Å². The molecule has 24 N–H and O–H groups in total. The van der Waals surface area contributed by atoms with Gasteiger partial charge in [-0.05, 0) is 55.7 Å². The summed E-state index contributed by atoms with van der Waals surface area (Å²) in [6, 6.07) is -10.3. The van der Waals surface area contributed by atoms with Crippen LogP contribution in [-0.4, -0.2) is 245 Å². The first-order valence-corrected chi connectivity index (χ1v) is 35.0. The van der Waals surface area contributed by atoms with E-state index in [1.807, 2.05) is 0 Å². The lowest BCUT2D eigenvalue weighted by Crippen LogP contribution is -2.60. The first-order chi connectivity index (χ1) is 49.5. The van der Waals surface area contributed by atoms with Gasteiger partial charge in [-0.15, -0.1) is 0 Å². The van der Waals surface area contributed by atoms with Crippen LogP contribution in [0.1, 0.15) is 155 Å². The number of benzene rings is 1. The lowest BCUT2D eigenvalue weighted by atomic mass is 9.97. The van der Waals surface area contributed by atoms with Crippen molar-refractivity contribution in [3.63, 3.8) is 0 Å². The number of nitrogens with zero attached hydrogens (tertiary/aromatic N) is 2. The molecule has 38 heteroatoms. The van der Waals surface area contributed by atoms with E-state index < -0.39 is 207 Å². The van der Waals surface area contributed by atoms with Crippen LogP contribution in [0.5, 0.6) is 5.75 Å². The number of carbonyl (C=O) groups is 15. The molecule has 1 aromatic carbocycles. The molecule has 0 unspecified atom stereocenters. The number of carboxylic acid groups (broad SMARTS) is 1. The first-order valence-electron chi connectivity index (χ1n) is 35.0. The number of phenols is 1. The number of aliphatic carboxylic acids is 1. The smallest absolute Gasteiger partial charge is 0.328 e. The van der Waals surface area contributed by atoms with E-state index in [1.54, 1.807) is 13.8 Å². The summed E-state index contributed by atoms with van der Waals surface area (Å²) < 4.78 is 4.89. The summed E-state index contributed by atoms with van der Waals surface area (Å²) in [5.74, 6) is -17.0. The fraction of sp³-hybridized carbons (Fsp3) is 0.667. The number of aromatic hydroxyl groups is 1. The third kappa shape index (κ3) is 34.4. The molecule has 1 aliphatic heterocycles. The van der Waals surface area contributed by atoms with E-state index in [9.17, 15) is 97.5 Å². The minimum Gasteiger partial charge on any atom is -0.508 e. The van der Waals surface area contributed by atoms with Crippen molar-refractivity contribution in [3.05, 3.63) is 29.8 Å². The Morgan fingerprint density at radius 1 is 0.548 bits per heavy atom. The molecular formula is C66H109N17O21. The van der Waals surface area contributed by atoms with Gasteiger partial charge in [-0.3, -0.25) is 72.1 Å². The molecule has 0 aliphatic carbocycles. The van der Waals surface area contributed by atoms with E-state index in [0.29, 0.717) is 12.0 Å². The third-order valence-electron chi connectivity index (χ3n) is 16.9. The number of aliphatic hydroxyl groups is 3. The molecule has 0 spiro atoms. The van der Waals surface area contributed by atoms with Gasteiger partial charge in [-0.2, -0.15) is 0 Å². The summed E-state index contributed by atoms with van der Waals surface area (Å²) in [5, 5.41) is 75.9. The Bertz CT molecular complexity index is 3030. The zero-order valence-electron chi connectivity index (χ0n) is 59.6. The van der Waals surface area contributed by atoms with Gasteiger partial charge in [-0.25, -0.2) is 4.79 Å². The molecule has 1 aliphatic rings. The van der Waals surface area contributed by atoms with Crippen molar-refractivity contribution in [2.75, 3.05) is 59.7 Å². The van der Waals surface area contributed by atoms with Crippen molar-refractivity contribution in [3.8, 4) is 5.75 Å². The van der Waals surface area contributed by atoms with Gasteiger partial charge in [0, 0.05) is 19.5 Å². The SMILES string of the molecule is CCCCCCCCCCCCCC[C@H](NC(=O)[C@H](CO)NC(=O)[C@H](CO)NC(=O)[C@H](Cc1ccc(O)cc1)NC(=O)CNC(=O)[C@@H](NC(=O)[C@@H]1CCCN1C(=O)[C@H](CO)NC(=O)CNC(=O)[C@H](CC(N)=O)NC(=O)[C@H](CC(=O)O)NC(=O)[C@H](CCCN=C(N)N)NC(=O)CN)[C@@H](C)CC)C(=O)OC. The van der Waals surface area contributed by atoms with Crippen molar-refractivity contribution in [2.24, 2.45) is 33.8 Å². The fourth-order valence-electron chi connectivity index (χ4n) is 10.9. The van der Waals surface area contributed by atoms with Crippen LogP contribution in [0.4, 0.5) is 0 Å². The minimum atomic E-state index is -1.94. The highest BCUT2D eigenvalue weighted by molar-refractivity contribution is 6.00. The summed E-state index contributed by atoms with van der Waals surface area (Å²) >= 11 is 0. The Kier molecular flexibility index (Phi) is 43.2. The molecule has 1 fully saturated rings. The second-order valence-electron chi connectivity index (χ2n) is 25.2. The average molecular weight is 1480 g/mol. The molecule has 0 bridgehead atoms. The van der Waals surface area contributed by atoms with Gasteiger partial charge in [0.15, 0.2) is 5.96 Å². The minimum absolute atomic E-state index is 0.0104. The van der Waals surface area contributed by atoms with Crippen LogP contribution < -0.4 is 81.4 Å². The van der Waals surface area contributed by atoms with Gasteiger partial charge in [0.25, 0.3) is 0 Å². The van der Waals surface area contributed by atoms with Crippen molar-refractivity contribution in [1.82, 2.24) is 63.4 Å². The van der Waals surface area contributed by atoms with Gasteiger partial charge >= 0.3 is 11.9 Å². The number of amides is 13. The second kappa shape index (κ2) is 49.7. The molecule has 0 radical (unpaired) electrons. The zero-order chi connectivity index (χ0) is 77.8. The number of unbranched alkanes of at least 4 members (excludes halogenated alkanes) is 11. The van der Waals surface area contributed by atoms with E-state index in [4.69, 9.17) is 27.7 Å². The third-order valence-corrected chi connectivity index (χ3v) is 16.9. The van der Waals surface area contributed by atoms with Gasteiger partial charge < -0.3 is 117 Å². The monoisotopic (exact) mass is 1480 g/mol. The van der Waals surface area contributed by atoms with Crippen LogP contribution in [0.2, 0.25) is 0 Å². The highest BCUT2D eigenvalue weighted by atomic mass is 16.5. The quantitative estimate of drug-likeness (QED) is 0.0125. The number of nitrogens with two attached hydrogens (primary N) is 4. The van der Waals surface area contributed by atoms with Crippen molar-refractivity contribution >= 4 is 94.7 Å². The van der Waals surface area contributed by atoms with Gasteiger partial charge in [0.2, 0.25) is 76.8 Å². The molecule has 584 valence electrons. The van der Waals surface area contributed by atoms with Crippen LogP contribution in [0.3, 0.4) is 0 Å². The molecular weight excluding hydrogens is 1370 g/mol. The van der Waals surface area contributed by atoms with E-state index in [0.717, 1.165) is 44.1 Å². The van der Waals surface area contributed by atoms with Crippen molar-refractivity contribution in [1.29, 1.82) is 0 Å². The van der Waals surface area contributed by atoms with Gasteiger partial charge in [0.05, 0.1) is 59.4 Å². The predicted molar refractivity (Wildman–Crippen MR) is 373 cm³/mol. The number of guanidine groups is 1. The summed E-state index contributed by atoms with van der Waals surface area (Å²) in [5.41, 5.74) is 21.7. The number of ether oxygens (including phenoxy) is 1. The standard InChI is InChI=1S/C66H109N17O21/c1-5-7-8-9-10-11-12-13-14-15-16-17-20-42(65(103)104-4)77-60(98)46(35-84)81-61(99)47(36-85)80-58(96)43(29-39-23-25-40(87)26-24-39)75-52(90)34-73-63(101)55(38(3)6-2)82-62(100)49-22-19-28-83(49)64(102)48(37-86)76-53(91)33-72-56(94)44(30-50(68)88)78-59(97)45(31-54(92)93)79-57(95)41(74-51(89)32-67)21-18-27-71-66(69)70/h23-26,38,41-49,55,84-87H,5-22,27-37,67H2,1-4H3,(H2,68,88)(H,72,94)(H,73,101)(H,74,89)(H,75,90)(H,76,91)(H,77,98)(H,78,97)(H,79,95)(H,80,96)(H,81,99)(H,82,100)(H,92,93)(H4,69,70,71)/t38-,41-,42-,43-,44-,45-,46-,47-,48-,49-,55-/m0/s1. The Balaban J connectivity index is 2.16. The fourth-order valence-corrected chi connectivity index (χ4v) is 10.9. The number of hydrogen-bond acceptors (Lipinski definition) is 22. The number of carbonyl (C=O) groups excluding carboxylic acids is 14. The van der Waals surface area contributed by atoms with Crippen LogP contribution in [-0.2, 0) is 83.1 Å². The zero-order valence-corrected chi connectivity index (χ0v) is 59.6. The summed E-state index contributed by atoms with van der Waals surface area (Å²) in [6.07, 6.45) is 11.3. The second-order valence-corrected chi connectivity index (χ2v) is 25.2. The molecule has 104 heavy (non-hydrogen) atoms. The molecule has 1 aromatic rings. The summed E-state index contributed by atoms with van der Waals surface area (Å²) in [7, 11) is 1.15. The van der Waals surface area contributed by atoms with Crippen LogP contribution in [0, 0.1) is 5.92 Å². The number of esters is 1. The molecule has 1 saturated heterocycles. The van der Waals surface area contributed by atoms with Crippen LogP contribution in [0.25, 0.3) is 0 Å². The number of phenolic OH excluding ortho intramolecular Hbond substituents is 1. The Morgan fingerprint density at radius 2 is 1.01 bits per heavy atom. The number of aliphatic imine (C=N–C) groups is 1. The van der Waals surface area contributed by atoms with E-state index >= 15 is 0 Å². The lowest BCUT2D eigenvalue weighted by Gasteiger charge is -2.30. The number of methoxy groups -OCH3 is 1. The van der Waals surface area contributed by atoms with E-state index in [1.165, 1.54) is 62.8 Å². The number of hydrogen-bond donors (Lipinski definition) is 20. The maximum absolute atomic E-state index is 14.1.